The van der Waals surface area contributed by atoms with Crippen molar-refractivity contribution in [2.45, 2.75) is 86.0 Å². The predicted octanol–water partition coefficient (Wildman–Crippen LogP) is 6.12. The largest absolute Gasteiger partial charge is 0.0884 e. The first-order valence-corrected chi connectivity index (χ1v) is 7.26. The van der Waals surface area contributed by atoms with Gasteiger partial charge in [-0.2, -0.15) is 0 Å². The van der Waals surface area contributed by atoms with E-state index in [0.717, 1.165) is 0 Å². The molecule has 0 saturated heterocycles. The molecule has 96 valence electrons. The van der Waals surface area contributed by atoms with Crippen LogP contribution in [0, 0.1) is 5.41 Å². The van der Waals surface area contributed by atoms with Crippen LogP contribution >= 0.6 is 0 Å². The van der Waals surface area contributed by atoms with Crippen molar-refractivity contribution in [3.05, 3.63) is 11.6 Å². The average molecular weight is 224 g/mol. The van der Waals surface area contributed by atoms with Crippen molar-refractivity contribution in [3.8, 4) is 0 Å². The van der Waals surface area contributed by atoms with Crippen LogP contribution in [0.2, 0.25) is 0 Å². The average Bonchev–Trinajstić information content (AvgIpc) is 2.32. The number of unbranched alkanes of at least 4 members (excludes halogenated alkanes) is 2. The van der Waals surface area contributed by atoms with Crippen LogP contribution in [-0.2, 0) is 0 Å². The van der Waals surface area contributed by atoms with Gasteiger partial charge in [0.25, 0.3) is 0 Å². The third-order valence-corrected chi connectivity index (χ3v) is 3.90. The summed E-state index contributed by atoms with van der Waals surface area (Å²) in [6.07, 6.45) is 13.1. The van der Waals surface area contributed by atoms with E-state index in [1.54, 1.807) is 5.57 Å². The van der Waals surface area contributed by atoms with Gasteiger partial charge in [-0.1, -0.05) is 65.0 Å². The summed E-state index contributed by atoms with van der Waals surface area (Å²) in [5.41, 5.74) is 2.23. The first-order chi connectivity index (χ1) is 7.61. The van der Waals surface area contributed by atoms with Gasteiger partial charge in [-0.15, -0.1) is 0 Å². The summed E-state index contributed by atoms with van der Waals surface area (Å²) in [4.78, 5) is 0. The lowest BCUT2D eigenvalue weighted by Crippen LogP contribution is -2.16. The molecule has 0 aromatic carbocycles. The van der Waals surface area contributed by atoms with Gasteiger partial charge in [0.15, 0.2) is 0 Å². The van der Waals surface area contributed by atoms with Crippen LogP contribution < -0.4 is 0 Å². The monoisotopic (exact) mass is 224 g/mol. The zero-order valence-electron chi connectivity index (χ0n) is 12.2. The minimum absolute atomic E-state index is 0.547. The Morgan fingerprint density at radius 1 is 1.06 bits per heavy atom. The standard InChI is InChI=1S/C16H32/c1-6-10-12-15(8-3)14-16(5,9-4)13-11-7-2/h8H,6-7,9-14H2,1-5H3. The van der Waals surface area contributed by atoms with E-state index in [-0.39, 0.29) is 0 Å². The third-order valence-electron chi connectivity index (χ3n) is 3.90. The zero-order valence-corrected chi connectivity index (χ0v) is 12.2. The molecule has 0 aliphatic carbocycles. The van der Waals surface area contributed by atoms with Gasteiger partial charge in [0.05, 0.1) is 0 Å². The van der Waals surface area contributed by atoms with E-state index in [1.165, 1.54) is 51.4 Å². The molecule has 0 heteroatoms. The fourth-order valence-electron chi connectivity index (χ4n) is 2.28. The molecule has 0 heterocycles. The Bertz CT molecular complexity index is 190. The molecule has 0 fully saturated rings. The number of allylic oxidation sites excluding steroid dienone is 2. The van der Waals surface area contributed by atoms with Crippen LogP contribution in [0.25, 0.3) is 0 Å². The Kier molecular flexibility index (Phi) is 8.70. The fraction of sp³-hybridized carbons (Fsp3) is 0.875. The van der Waals surface area contributed by atoms with Gasteiger partial charge in [-0.3, -0.25) is 0 Å². The van der Waals surface area contributed by atoms with Crippen molar-refractivity contribution < 1.29 is 0 Å². The highest BCUT2D eigenvalue weighted by Gasteiger charge is 2.22. The van der Waals surface area contributed by atoms with Crippen LogP contribution in [0.5, 0.6) is 0 Å². The highest BCUT2D eigenvalue weighted by Crippen LogP contribution is 2.36. The molecular weight excluding hydrogens is 192 g/mol. The molecule has 0 aromatic rings. The van der Waals surface area contributed by atoms with E-state index in [4.69, 9.17) is 0 Å². The highest BCUT2D eigenvalue weighted by atomic mass is 14.3. The molecule has 0 aromatic heterocycles. The van der Waals surface area contributed by atoms with Crippen molar-refractivity contribution in [1.82, 2.24) is 0 Å². The topological polar surface area (TPSA) is 0 Å². The van der Waals surface area contributed by atoms with Gasteiger partial charge in [0.2, 0.25) is 0 Å². The molecule has 0 amide bonds. The first-order valence-electron chi connectivity index (χ1n) is 7.26. The summed E-state index contributed by atoms with van der Waals surface area (Å²) in [7, 11) is 0. The summed E-state index contributed by atoms with van der Waals surface area (Å²) < 4.78 is 0. The van der Waals surface area contributed by atoms with Crippen molar-refractivity contribution in [3.63, 3.8) is 0 Å². The Morgan fingerprint density at radius 3 is 2.12 bits per heavy atom. The van der Waals surface area contributed by atoms with Gasteiger partial charge in [0, 0.05) is 0 Å². The molecule has 1 unspecified atom stereocenters. The third kappa shape index (κ3) is 6.35. The molecule has 0 bridgehead atoms. The molecule has 1 atom stereocenters. The van der Waals surface area contributed by atoms with E-state index < -0.39 is 0 Å². The number of hydrogen-bond donors (Lipinski definition) is 0. The Balaban J connectivity index is 4.25. The second-order valence-electron chi connectivity index (χ2n) is 5.50. The van der Waals surface area contributed by atoms with Gasteiger partial charge in [0.1, 0.15) is 0 Å². The van der Waals surface area contributed by atoms with Gasteiger partial charge in [-0.05, 0) is 38.0 Å². The van der Waals surface area contributed by atoms with Crippen molar-refractivity contribution in [2.24, 2.45) is 5.41 Å². The normalized spacial score (nSPS) is 16.2. The van der Waals surface area contributed by atoms with Gasteiger partial charge < -0.3 is 0 Å². The SMILES string of the molecule is CC=C(CCCC)CC(C)(CC)CCCC. The lowest BCUT2D eigenvalue weighted by molar-refractivity contribution is 0.270. The summed E-state index contributed by atoms with van der Waals surface area (Å²) in [6.45, 7) is 11.6. The molecule has 16 heavy (non-hydrogen) atoms. The van der Waals surface area contributed by atoms with Crippen molar-refractivity contribution >= 4 is 0 Å². The molecule has 0 radical (unpaired) electrons. The second kappa shape index (κ2) is 8.84. The Labute approximate surface area is 104 Å². The van der Waals surface area contributed by atoms with Crippen molar-refractivity contribution in [1.29, 1.82) is 0 Å². The maximum absolute atomic E-state index is 2.47. The first kappa shape index (κ1) is 15.7. The van der Waals surface area contributed by atoms with Crippen LogP contribution in [-0.4, -0.2) is 0 Å². The quantitative estimate of drug-likeness (QED) is 0.414. The zero-order chi connectivity index (χ0) is 12.4. The summed E-state index contributed by atoms with van der Waals surface area (Å²) in [5, 5.41) is 0. The van der Waals surface area contributed by atoms with E-state index in [1.807, 2.05) is 0 Å². The number of hydrogen-bond acceptors (Lipinski definition) is 0. The van der Waals surface area contributed by atoms with E-state index in [2.05, 4.69) is 40.7 Å². The minimum atomic E-state index is 0.547. The molecule has 0 aliphatic heterocycles. The summed E-state index contributed by atoms with van der Waals surface area (Å²) in [5.74, 6) is 0. The maximum atomic E-state index is 2.47. The summed E-state index contributed by atoms with van der Waals surface area (Å²) in [6, 6.07) is 0. The van der Waals surface area contributed by atoms with Gasteiger partial charge in [-0.25, -0.2) is 0 Å². The lowest BCUT2D eigenvalue weighted by atomic mass is 9.76. The second-order valence-corrected chi connectivity index (χ2v) is 5.50. The number of rotatable bonds is 9. The predicted molar refractivity (Wildman–Crippen MR) is 75.8 cm³/mol. The van der Waals surface area contributed by atoms with Crippen LogP contribution in [0.15, 0.2) is 11.6 Å². The van der Waals surface area contributed by atoms with Crippen molar-refractivity contribution in [2.75, 3.05) is 0 Å². The maximum Gasteiger partial charge on any atom is -0.0266 e. The van der Waals surface area contributed by atoms with Crippen LogP contribution in [0.4, 0.5) is 0 Å². The van der Waals surface area contributed by atoms with Crippen LogP contribution in [0.3, 0.4) is 0 Å². The molecule has 0 spiro atoms. The molecule has 0 rings (SSSR count). The van der Waals surface area contributed by atoms with E-state index >= 15 is 0 Å². The lowest BCUT2D eigenvalue weighted by Gasteiger charge is -2.29. The summed E-state index contributed by atoms with van der Waals surface area (Å²) >= 11 is 0. The van der Waals surface area contributed by atoms with Gasteiger partial charge >= 0.3 is 0 Å². The van der Waals surface area contributed by atoms with Crippen LogP contribution in [0.1, 0.15) is 86.0 Å². The molecule has 0 nitrogen and oxygen atoms in total. The molecule has 0 N–H and O–H groups in total. The Morgan fingerprint density at radius 2 is 1.69 bits per heavy atom. The van der Waals surface area contributed by atoms with E-state index in [0.29, 0.717) is 5.41 Å². The van der Waals surface area contributed by atoms with E-state index in [9.17, 15) is 0 Å². The minimum Gasteiger partial charge on any atom is -0.0884 e. The molecule has 0 saturated carbocycles. The molecular formula is C16H32. The molecule has 0 aliphatic rings. The Hall–Kier alpha value is -0.260. The smallest absolute Gasteiger partial charge is 0.0266 e. The highest BCUT2D eigenvalue weighted by molar-refractivity contribution is 5.04. The fourth-order valence-corrected chi connectivity index (χ4v) is 2.28.